The van der Waals surface area contributed by atoms with E-state index in [0.29, 0.717) is 25.7 Å². The molecule has 148 valence electrons. The van der Waals surface area contributed by atoms with Crippen molar-refractivity contribution >= 4 is 29.9 Å². The lowest BCUT2D eigenvalue weighted by molar-refractivity contribution is 0.321. The first-order chi connectivity index (χ1) is 12.6. The Kier molecular flexibility index (Phi) is 9.92. The Morgan fingerprint density at radius 1 is 1.07 bits per heavy atom. The van der Waals surface area contributed by atoms with Crippen LogP contribution in [0.25, 0.3) is 0 Å². The Morgan fingerprint density at radius 3 is 2.44 bits per heavy atom. The number of halogens is 2. The van der Waals surface area contributed by atoms with E-state index in [-0.39, 0.29) is 35.5 Å². The molecule has 0 saturated carbocycles. The number of benzene rings is 2. The first-order valence-electron chi connectivity index (χ1n) is 8.56. The molecule has 0 atom stereocenters. The van der Waals surface area contributed by atoms with Crippen molar-refractivity contribution in [3.05, 3.63) is 58.9 Å². The summed E-state index contributed by atoms with van der Waals surface area (Å²) in [6.45, 7) is 5.31. The van der Waals surface area contributed by atoms with Crippen molar-refractivity contribution in [3.8, 4) is 11.5 Å². The Bertz CT molecular complexity index is 769. The molecule has 2 aromatic rings. The summed E-state index contributed by atoms with van der Waals surface area (Å²) in [5.74, 6) is 1.37. The molecule has 0 aliphatic carbocycles. The molecular weight excluding hydrogens is 460 g/mol. The molecule has 27 heavy (non-hydrogen) atoms. The third-order valence-corrected chi connectivity index (χ3v) is 3.87. The van der Waals surface area contributed by atoms with Crippen molar-refractivity contribution in [2.75, 3.05) is 20.8 Å². The van der Waals surface area contributed by atoms with Gasteiger partial charge in [0.25, 0.3) is 0 Å². The molecule has 2 N–H and O–H groups in total. The predicted molar refractivity (Wildman–Crippen MR) is 118 cm³/mol. The van der Waals surface area contributed by atoms with Crippen LogP contribution in [0.4, 0.5) is 4.39 Å². The summed E-state index contributed by atoms with van der Waals surface area (Å²) in [6, 6.07) is 11.0. The van der Waals surface area contributed by atoms with Gasteiger partial charge in [-0.15, -0.1) is 24.0 Å². The van der Waals surface area contributed by atoms with Crippen molar-refractivity contribution < 1.29 is 13.9 Å². The predicted octanol–water partition coefficient (Wildman–Crippen LogP) is 4.02. The lowest BCUT2D eigenvalue weighted by Gasteiger charge is -2.14. The Balaban J connectivity index is 0.00000364. The first-order valence-corrected chi connectivity index (χ1v) is 8.56. The van der Waals surface area contributed by atoms with Gasteiger partial charge in [0.1, 0.15) is 5.75 Å². The summed E-state index contributed by atoms with van der Waals surface area (Å²) in [4.78, 5) is 4.20. The normalized spacial score (nSPS) is 10.8. The van der Waals surface area contributed by atoms with E-state index in [4.69, 9.17) is 9.47 Å². The Labute approximate surface area is 177 Å². The number of hydrogen-bond donors (Lipinski definition) is 2. The fraction of sp³-hybridized carbons (Fsp3) is 0.350. The lowest BCUT2D eigenvalue weighted by atomic mass is 10.1. The van der Waals surface area contributed by atoms with Gasteiger partial charge in [0.15, 0.2) is 17.5 Å². The number of nitrogens with zero attached hydrogens (tertiary/aromatic N) is 1. The number of guanidine groups is 1. The summed E-state index contributed by atoms with van der Waals surface area (Å²) < 4.78 is 24.5. The molecular formula is C20H27FIN3O2. The van der Waals surface area contributed by atoms with Gasteiger partial charge in [-0.25, -0.2) is 4.39 Å². The van der Waals surface area contributed by atoms with Gasteiger partial charge in [-0.05, 0) is 43.2 Å². The summed E-state index contributed by atoms with van der Waals surface area (Å²) in [5.41, 5.74) is 2.99. The van der Waals surface area contributed by atoms with Crippen molar-refractivity contribution in [2.24, 2.45) is 4.99 Å². The van der Waals surface area contributed by atoms with Crippen molar-refractivity contribution in [3.63, 3.8) is 0 Å². The quantitative estimate of drug-likeness (QED) is 0.352. The van der Waals surface area contributed by atoms with Gasteiger partial charge in [0.05, 0.1) is 13.7 Å². The van der Waals surface area contributed by atoms with E-state index in [1.807, 2.05) is 38.1 Å². The van der Waals surface area contributed by atoms with Crippen LogP contribution in [0, 0.1) is 12.7 Å². The zero-order chi connectivity index (χ0) is 18.9. The SMILES string of the molecule is CCOc1ccc(CNC(=NC)NCc2ccc(C)cc2OC)cc1F.I. The smallest absolute Gasteiger partial charge is 0.191 e. The minimum Gasteiger partial charge on any atom is -0.496 e. The topological polar surface area (TPSA) is 54.9 Å². The molecule has 0 spiro atoms. The molecule has 0 bridgehead atoms. The maximum atomic E-state index is 13.9. The van der Waals surface area contributed by atoms with Gasteiger partial charge in [-0.1, -0.05) is 18.2 Å². The van der Waals surface area contributed by atoms with E-state index in [2.05, 4.69) is 15.6 Å². The molecule has 2 rings (SSSR count). The minimum absolute atomic E-state index is 0. The van der Waals surface area contributed by atoms with Crippen LogP contribution >= 0.6 is 24.0 Å². The molecule has 0 aliphatic heterocycles. The van der Waals surface area contributed by atoms with Gasteiger partial charge in [0.2, 0.25) is 0 Å². The zero-order valence-electron chi connectivity index (χ0n) is 16.1. The van der Waals surface area contributed by atoms with Crippen molar-refractivity contribution in [2.45, 2.75) is 26.9 Å². The van der Waals surface area contributed by atoms with Crippen molar-refractivity contribution in [1.29, 1.82) is 0 Å². The van der Waals surface area contributed by atoms with Crippen LogP contribution in [-0.2, 0) is 13.1 Å². The number of ether oxygens (including phenoxy) is 2. The van der Waals surface area contributed by atoms with Crippen LogP contribution in [0.3, 0.4) is 0 Å². The average Bonchev–Trinajstić information content (AvgIpc) is 2.64. The highest BCUT2D eigenvalue weighted by atomic mass is 127. The lowest BCUT2D eigenvalue weighted by Crippen LogP contribution is -2.36. The van der Waals surface area contributed by atoms with Gasteiger partial charge < -0.3 is 20.1 Å². The monoisotopic (exact) mass is 487 g/mol. The highest BCUT2D eigenvalue weighted by Gasteiger charge is 2.07. The molecule has 0 amide bonds. The van der Waals surface area contributed by atoms with E-state index in [1.54, 1.807) is 20.2 Å². The number of aryl methyl sites for hydroxylation is 1. The van der Waals surface area contributed by atoms with E-state index >= 15 is 0 Å². The van der Waals surface area contributed by atoms with Gasteiger partial charge >= 0.3 is 0 Å². The number of hydrogen-bond acceptors (Lipinski definition) is 3. The average molecular weight is 487 g/mol. The Morgan fingerprint density at radius 2 is 1.81 bits per heavy atom. The second kappa shape index (κ2) is 11.6. The molecule has 0 aromatic heterocycles. The van der Waals surface area contributed by atoms with Crippen LogP contribution in [-0.4, -0.2) is 26.7 Å². The molecule has 0 radical (unpaired) electrons. The van der Waals surface area contributed by atoms with E-state index < -0.39 is 0 Å². The molecule has 0 aliphatic rings. The Hall–Kier alpha value is -2.03. The van der Waals surface area contributed by atoms with Crippen LogP contribution < -0.4 is 20.1 Å². The number of methoxy groups -OCH3 is 1. The fourth-order valence-corrected chi connectivity index (χ4v) is 2.51. The molecule has 0 saturated heterocycles. The second-order valence-corrected chi connectivity index (χ2v) is 5.79. The summed E-state index contributed by atoms with van der Waals surface area (Å²) in [6.07, 6.45) is 0. The largest absolute Gasteiger partial charge is 0.496 e. The number of nitrogens with one attached hydrogen (secondary N) is 2. The van der Waals surface area contributed by atoms with Gasteiger partial charge in [-0.2, -0.15) is 0 Å². The van der Waals surface area contributed by atoms with Crippen LogP contribution in [0.15, 0.2) is 41.4 Å². The third-order valence-electron chi connectivity index (χ3n) is 3.87. The molecule has 7 heteroatoms. The van der Waals surface area contributed by atoms with Gasteiger partial charge in [0, 0.05) is 25.7 Å². The highest BCUT2D eigenvalue weighted by molar-refractivity contribution is 14.0. The van der Waals surface area contributed by atoms with E-state index in [0.717, 1.165) is 22.4 Å². The van der Waals surface area contributed by atoms with E-state index in [9.17, 15) is 4.39 Å². The van der Waals surface area contributed by atoms with Crippen LogP contribution in [0.1, 0.15) is 23.6 Å². The molecule has 0 fully saturated rings. The first kappa shape index (κ1) is 23.0. The number of aliphatic imine (C=N–C) groups is 1. The molecule has 2 aromatic carbocycles. The number of rotatable bonds is 7. The summed E-state index contributed by atoms with van der Waals surface area (Å²) in [5, 5.41) is 6.41. The van der Waals surface area contributed by atoms with Gasteiger partial charge in [-0.3, -0.25) is 4.99 Å². The summed E-state index contributed by atoms with van der Waals surface area (Å²) >= 11 is 0. The standard InChI is InChI=1S/C20H26FN3O2.HI/c1-5-26-18-9-7-15(11-17(18)21)12-23-20(22-3)24-13-16-8-6-14(2)10-19(16)25-4;/h6-11H,5,12-13H2,1-4H3,(H2,22,23,24);1H. The van der Waals surface area contributed by atoms with E-state index in [1.165, 1.54) is 6.07 Å². The van der Waals surface area contributed by atoms with Crippen LogP contribution in [0.5, 0.6) is 11.5 Å². The minimum atomic E-state index is -0.363. The summed E-state index contributed by atoms with van der Waals surface area (Å²) in [7, 11) is 3.35. The molecule has 0 unspecified atom stereocenters. The van der Waals surface area contributed by atoms with Crippen molar-refractivity contribution in [1.82, 2.24) is 10.6 Å². The maximum absolute atomic E-state index is 13.9. The third kappa shape index (κ3) is 6.89. The highest BCUT2D eigenvalue weighted by Crippen LogP contribution is 2.20. The van der Waals surface area contributed by atoms with Crippen LogP contribution in [0.2, 0.25) is 0 Å². The fourth-order valence-electron chi connectivity index (χ4n) is 2.51. The maximum Gasteiger partial charge on any atom is 0.191 e. The zero-order valence-corrected chi connectivity index (χ0v) is 18.5. The second-order valence-electron chi connectivity index (χ2n) is 5.79. The molecule has 0 heterocycles. The molecule has 5 nitrogen and oxygen atoms in total.